The first kappa shape index (κ1) is 14.2. The molecule has 1 rings (SSSR count). The number of benzene rings is 1. The number of aliphatic hydroxyl groups is 1. The van der Waals surface area contributed by atoms with Gasteiger partial charge in [-0.05, 0) is 6.42 Å². The molecule has 0 bridgehead atoms. The van der Waals surface area contributed by atoms with Crippen molar-refractivity contribution < 1.29 is 18.3 Å². The summed E-state index contributed by atoms with van der Waals surface area (Å²) in [5.74, 6) is -3.04. The Morgan fingerprint density at radius 1 is 1.20 bits per heavy atom. The van der Waals surface area contributed by atoms with Crippen molar-refractivity contribution in [3.8, 4) is 0 Å². The third-order valence-corrected chi connectivity index (χ3v) is 1.85. The van der Waals surface area contributed by atoms with Gasteiger partial charge in [0.15, 0.2) is 0 Å². The van der Waals surface area contributed by atoms with E-state index in [4.69, 9.17) is 10.8 Å². The number of hydrogen-bond acceptors (Lipinski definition) is 2. The van der Waals surface area contributed by atoms with Crippen LogP contribution < -0.4 is 5.73 Å². The Morgan fingerprint density at radius 2 is 1.67 bits per heavy atom. The Labute approximate surface area is 91.3 Å². The summed E-state index contributed by atoms with van der Waals surface area (Å²) < 4.78 is 38.6. The SMILES string of the molecule is Cl.NC(CCO)c1c(F)cc(F)cc1F. The number of rotatable bonds is 3. The van der Waals surface area contributed by atoms with E-state index in [2.05, 4.69) is 0 Å². The molecule has 0 saturated carbocycles. The van der Waals surface area contributed by atoms with Crippen molar-refractivity contribution in [3.63, 3.8) is 0 Å². The first-order valence-electron chi connectivity index (χ1n) is 4.07. The monoisotopic (exact) mass is 241 g/mol. The Bertz CT molecular complexity index is 312. The molecule has 0 aliphatic carbocycles. The highest BCUT2D eigenvalue weighted by Gasteiger charge is 2.17. The highest BCUT2D eigenvalue weighted by molar-refractivity contribution is 5.85. The summed E-state index contributed by atoms with van der Waals surface area (Å²) in [6, 6.07) is 0.172. The fourth-order valence-electron chi connectivity index (χ4n) is 1.19. The first-order chi connectivity index (χ1) is 6.56. The highest BCUT2D eigenvalue weighted by atomic mass is 35.5. The first-order valence-corrected chi connectivity index (χ1v) is 4.07. The molecular formula is C9H11ClF3NO. The molecule has 6 heteroatoms. The normalized spacial score (nSPS) is 12.1. The number of hydrogen-bond donors (Lipinski definition) is 2. The zero-order valence-electron chi connectivity index (χ0n) is 7.71. The fraction of sp³-hybridized carbons (Fsp3) is 0.333. The summed E-state index contributed by atoms with van der Waals surface area (Å²) in [7, 11) is 0. The average molecular weight is 242 g/mol. The van der Waals surface area contributed by atoms with Crippen molar-refractivity contribution in [1.82, 2.24) is 0 Å². The summed E-state index contributed by atoms with van der Waals surface area (Å²) in [5.41, 5.74) is 5.01. The molecule has 0 fully saturated rings. The summed E-state index contributed by atoms with van der Waals surface area (Å²) in [5, 5.41) is 8.54. The number of halogens is 4. The van der Waals surface area contributed by atoms with Gasteiger partial charge in [0.2, 0.25) is 0 Å². The van der Waals surface area contributed by atoms with Gasteiger partial charge in [-0.25, -0.2) is 13.2 Å². The standard InChI is InChI=1S/C9H10F3NO.ClH/c10-5-3-6(11)9(7(12)4-5)8(13)1-2-14;/h3-4,8,14H,1-2,13H2;1H. The van der Waals surface area contributed by atoms with E-state index in [0.717, 1.165) is 0 Å². The van der Waals surface area contributed by atoms with E-state index in [-0.39, 0.29) is 31.0 Å². The average Bonchev–Trinajstić information content (AvgIpc) is 2.01. The summed E-state index contributed by atoms with van der Waals surface area (Å²) in [6.45, 7) is -0.280. The summed E-state index contributed by atoms with van der Waals surface area (Å²) >= 11 is 0. The molecule has 86 valence electrons. The van der Waals surface area contributed by atoms with Gasteiger partial charge in [0.1, 0.15) is 17.5 Å². The molecule has 0 heterocycles. The van der Waals surface area contributed by atoms with E-state index in [0.29, 0.717) is 12.1 Å². The second kappa shape index (κ2) is 5.95. The lowest BCUT2D eigenvalue weighted by molar-refractivity contribution is 0.274. The summed E-state index contributed by atoms with van der Waals surface area (Å²) in [4.78, 5) is 0. The van der Waals surface area contributed by atoms with Crippen molar-refractivity contribution in [3.05, 3.63) is 35.1 Å². The molecule has 2 nitrogen and oxygen atoms in total. The number of nitrogens with two attached hydrogens (primary N) is 1. The van der Waals surface area contributed by atoms with E-state index >= 15 is 0 Å². The predicted molar refractivity (Wildman–Crippen MR) is 52.2 cm³/mol. The van der Waals surface area contributed by atoms with Crippen LogP contribution >= 0.6 is 12.4 Å². The predicted octanol–water partition coefficient (Wildman–Crippen LogP) is 1.91. The van der Waals surface area contributed by atoms with Gasteiger partial charge >= 0.3 is 0 Å². The molecule has 0 radical (unpaired) electrons. The van der Waals surface area contributed by atoms with Gasteiger partial charge in [0, 0.05) is 30.3 Å². The van der Waals surface area contributed by atoms with Crippen LogP contribution in [0.25, 0.3) is 0 Å². The maximum absolute atomic E-state index is 13.0. The minimum Gasteiger partial charge on any atom is -0.396 e. The Balaban J connectivity index is 0.00000196. The van der Waals surface area contributed by atoms with Crippen molar-refractivity contribution in [1.29, 1.82) is 0 Å². The van der Waals surface area contributed by atoms with Crippen LogP contribution in [0, 0.1) is 17.5 Å². The van der Waals surface area contributed by atoms with Crippen LogP contribution in [0.1, 0.15) is 18.0 Å². The van der Waals surface area contributed by atoms with Crippen molar-refractivity contribution >= 4 is 12.4 Å². The smallest absolute Gasteiger partial charge is 0.133 e. The largest absolute Gasteiger partial charge is 0.396 e. The van der Waals surface area contributed by atoms with Crippen LogP contribution in [0.4, 0.5) is 13.2 Å². The Morgan fingerprint density at radius 3 is 2.07 bits per heavy atom. The van der Waals surface area contributed by atoms with Gasteiger partial charge in [-0.3, -0.25) is 0 Å². The molecule has 15 heavy (non-hydrogen) atoms. The molecule has 1 aromatic rings. The zero-order chi connectivity index (χ0) is 10.7. The molecule has 0 aliphatic heterocycles. The van der Waals surface area contributed by atoms with Crippen LogP contribution in [0.2, 0.25) is 0 Å². The van der Waals surface area contributed by atoms with Crippen LogP contribution in [-0.2, 0) is 0 Å². The maximum atomic E-state index is 13.0. The van der Waals surface area contributed by atoms with Crippen molar-refractivity contribution in [2.75, 3.05) is 6.61 Å². The summed E-state index contributed by atoms with van der Waals surface area (Å²) in [6.07, 6.45) is 0.0273. The third kappa shape index (κ3) is 3.37. The molecule has 1 atom stereocenters. The lowest BCUT2D eigenvalue weighted by Gasteiger charge is -2.12. The van der Waals surface area contributed by atoms with E-state index in [9.17, 15) is 13.2 Å². The van der Waals surface area contributed by atoms with Crippen molar-refractivity contribution in [2.24, 2.45) is 5.73 Å². The minimum absolute atomic E-state index is 0. The van der Waals surface area contributed by atoms with E-state index in [1.807, 2.05) is 0 Å². The van der Waals surface area contributed by atoms with E-state index < -0.39 is 23.5 Å². The van der Waals surface area contributed by atoms with E-state index in [1.165, 1.54) is 0 Å². The molecule has 1 unspecified atom stereocenters. The second-order valence-electron chi connectivity index (χ2n) is 2.90. The van der Waals surface area contributed by atoms with Crippen LogP contribution in [-0.4, -0.2) is 11.7 Å². The second-order valence-corrected chi connectivity index (χ2v) is 2.90. The van der Waals surface area contributed by atoms with Crippen LogP contribution in [0.3, 0.4) is 0 Å². The van der Waals surface area contributed by atoms with Gasteiger partial charge in [-0.2, -0.15) is 0 Å². The van der Waals surface area contributed by atoms with E-state index in [1.54, 1.807) is 0 Å². The molecule has 3 N–H and O–H groups in total. The molecule has 0 aromatic heterocycles. The Kier molecular flexibility index (Phi) is 5.64. The van der Waals surface area contributed by atoms with Crippen LogP contribution in [0.15, 0.2) is 12.1 Å². The minimum atomic E-state index is -1.02. The molecule has 0 amide bonds. The zero-order valence-corrected chi connectivity index (χ0v) is 8.53. The topological polar surface area (TPSA) is 46.2 Å². The van der Waals surface area contributed by atoms with Gasteiger partial charge in [0.05, 0.1) is 0 Å². The maximum Gasteiger partial charge on any atom is 0.133 e. The van der Waals surface area contributed by atoms with Crippen LogP contribution in [0.5, 0.6) is 0 Å². The van der Waals surface area contributed by atoms with Gasteiger partial charge in [-0.15, -0.1) is 12.4 Å². The molecule has 0 spiro atoms. The molecule has 0 aliphatic rings. The third-order valence-electron chi connectivity index (χ3n) is 1.85. The Hall–Kier alpha value is -0.780. The fourth-order valence-corrected chi connectivity index (χ4v) is 1.19. The lowest BCUT2D eigenvalue weighted by Crippen LogP contribution is -2.16. The highest BCUT2D eigenvalue weighted by Crippen LogP contribution is 2.22. The van der Waals surface area contributed by atoms with Gasteiger partial charge in [-0.1, -0.05) is 0 Å². The molecular weight excluding hydrogens is 231 g/mol. The van der Waals surface area contributed by atoms with Gasteiger partial charge < -0.3 is 10.8 Å². The molecule has 1 aromatic carbocycles. The van der Waals surface area contributed by atoms with Gasteiger partial charge in [0.25, 0.3) is 0 Å². The number of aliphatic hydroxyl groups excluding tert-OH is 1. The van der Waals surface area contributed by atoms with Crippen molar-refractivity contribution in [2.45, 2.75) is 12.5 Å². The molecule has 0 saturated heterocycles. The lowest BCUT2D eigenvalue weighted by atomic mass is 10.0. The quantitative estimate of drug-likeness (QED) is 0.849.